The fraction of sp³-hybridized carbons (Fsp3) is 0.154. The molecule has 0 unspecified atom stereocenters. The van der Waals surface area contributed by atoms with Crippen molar-refractivity contribution in [3.05, 3.63) is 60.2 Å². The van der Waals surface area contributed by atoms with Crippen LogP contribution in [0.25, 0.3) is 0 Å². The van der Waals surface area contributed by atoms with E-state index < -0.39 is 7.82 Å². The third-order valence-electron chi connectivity index (χ3n) is 2.26. The van der Waals surface area contributed by atoms with Crippen LogP contribution < -0.4 is 9.88 Å². The number of hydrogen-bond acceptors (Lipinski definition) is 3. The molecule has 0 aliphatic rings. The Morgan fingerprint density at radius 3 is 2.19 bits per heavy atom. The molecule has 0 saturated carbocycles. The van der Waals surface area contributed by atoms with Gasteiger partial charge in [0.1, 0.15) is 5.82 Å². The monoisotopic (exact) mass is 331 g/mol. The molecule has 1 heterocycles. The van der Waals surface area contributed by atoms with Crippen LogP contribution in [0.4, 0.5) is 4.39 Å². The van der Waals surface area contributed by atoms with E-state index in [1.807, 2.05) is 24.5 Å². The van der Waals surface area contributed by atoms with Crippen LogP contribution in [0.15, 0.2) is 53.7 Å². The molecule has 2 rings (SSSR count). The van der Waals surface area contributed by atoms with Gasteiger partial charge in [-0.2, -0.15) is 0 Å². The van der Waals surface area contributed by atoms with Crippen molar-refractivity contribution in [2.45, 2.75) is 11.3 Å². The maximum atomic E-state index is 12.7. The lowest BCUT2D eigenvalue weighted by molar-refractivity contribution is -0.378. The van der Waals surface area contributed by atoms with E-state index >= 15 is 0 Å². The van der Waals surface area contributed by atoms with Gasteiger partial charge in [0, 0.05) is 22.8 Å². The molecule has 5 nitrogen and oxygen atoms in total. The Morgan fingerprint density at radius 1 is 1.14 bits per heavy atom. The summed E-state index contributed by atoms with van der Waals surface area (Å²) in [5, 5.41) is 0. The minimum Gasteiger partial charge on any atom is -0.756 e. The van der Waals surface area contributed by atoms with E-state index in [-0.39, 0.29) is 5.82 Å². The number of phosphoric acid groups is 1. The number of aromatic nitrogens is 1. The summed E-state index contributed by atoms with van der Waals surface area (Å²) in [6.07, 6.45) is 4.88. The second-order valence-electron chi connectivity index (χ2n) is 3.95. The van der Waals surface area contributed by atoms with Gasteiger partial charge in [0.15, 0.2) is 12.4 Å². The van der Waals surface area contributed by atoms with Gasteiger partial charge in [-0.25, -0.2) is 9.37 Å². The fourth-order valence-corrected chi connectivity index (χ4v) is 2.31. The van der Waals surface area contributed by atoms with Gasteiger partial charge < -0.3 is 14.7 Å². The van der Waals surface area contributed by atoms with Gasteiger partial charge in [-0.15, -0.1) is 11.8 Å². The molecule has 3 N–H and O–H groups in total. The Kier molecular flexibility index (Phi) is 7.56. The van der Waals surface area contributed by atoms with Crippen molar-refractivity contribution in [2.75, 3.05) is 5.75 Å². The molecule has 0 radical (unpaired) electrons. The third-order valence-corrected chi connectivity index (χ3v) is 3.27. The summed E-state index contributed by atoms with van der Waals surface area (Å²) >= 11 is 1.75. The lowest BCUT2D eigenvalue weighted by atomic mass is 10.2. The molecule has 0 bridgehead atoms. The van der Waals surface area contributed by atoms with Gasteiger partial charge in [0.25, 0.3) is 7.82 Å². The van der Waals surface area contributed by atoms with Crippen LogP contribution in [0.1, 0.15) is 5.56 Å². The maximum absolute atomic E-state index is 12.7. The molecular formula is C13H15FNO4PS. The SMILES string of the molecule is Fc1ccc(SCCc2cc[nH+]cc2)cc1.O=P([O-])(O)O. The Balaban J connectivity index is 0.000000383. The number of aromatic amines is 1. The van der Waals surface area contributed by atoms with Gasteiger partial charge >= 0.3 is 0 Å². The number of benzene rings is 1. The maximum Gasteiger partial charge on any atom is 0.262 e. The quantitative estimate of drug-likeness (QED) is 0.652. The van der Waals surface area contributed by atoms with Gasteiger partial charge in [0.2, 0.25) is 0 Å². The minimum absolute atomic E-state index is 0.178. The number of rotatable bonds is 4. The molecule has 0 aliphatic carbocycles. The Morgan fingerprint density at radius 2 is 1.67 bits per heavy atom. The Bertz CT molecular complexity index is 568. The highest BCUT2D eigenvalue weighted by Gasteiger charge is 1.97. The highest BCUT2D eigenvalue weighted by molar-refractivity contribution is 7.99. The molecule has 0 atom stereocenters. The average Bonchev–Trinajstić information content (AvgIpc) is 2.40. The number of pyridine rings is 1. The molecule has 21 heavy (non-hydrogen) atoms. The van der Waals surface area contributed by atoms with E-state index in [2.05, 4.69) is 17.1 Å². The van der Waals surface area contributed by atoms with Crippen molar-refractivity contribution >= 4 is 19.6 Å². The van der Waals surface area contributed by atoms with Crippen LogP contribution in [0.5, 0.6) is 0 Å². The van der Waals surface area contributed by atoms with E-state index in [4.69, 9.17) is 19.2 Å². The van der Waals surface area contributed by atoms with Crippen molar-refractivity contribution in [3.63, 3.8) is 0 Å². The minimum atomic E-state index is -4.89. The van der Waals surface area contributed by atoms with E-state index in [9.17, 15) is 4.39 Å². The second kappa shape index (κ2) is 8.92. The first-order valence-electron chi connectivity index (χ1n) is 5.94. The summed E-state index contributed by atoms with van der Waals surface area (Å²) in [6.45, 7) is 0. The van der Waals surface area contributed by atoms with Crippen LogP contribution in [-0.2, 0) is 11.0 Å². The third kappa shape index (κ3) is 10.2. The molecule has 0 saturated heterocycles. The van der Waals surface area contributed by atoms with Crippen molar-refractivity contribution in [1.29, 1.82) is 0 Å². The largest absolute Gasteiger partial charge is 0.756 e. The number of H-pyrrole nitrogens is 1. The highest BCUT2D eigenvalue weighted by atomic mass is 32.2. The summed E-state index contributed by atoms with van der Waals surface area (Å²) < 4.78 is 21.4. The number of halogens is 1. The summed E-state index contributed by atoms with van der Waals surface area (Å²) in [5.41, 5.74) is 1.31. The summed E-state index contributed by atoms with van der Waals surface area (Å²) in [5.74, 6) is 0.832. The molecule has 0 fully saturated rings. The lowest BCUT2D eigenvalue weighted by Gasteiger charge is -2.01. The van der Waals surface area contributed by atoms with Gasteiger partial charge in [-0.05, 0) is 36.2 Å². The molecule has 0 aliphatic heterocycles. The molecular weight excluding hydrogens is 316 g/mol. The Hall–Kier alpha value is -1.24. The summed E-state index contributed by atoms with van der Waals surface area (Å²) in [4.78, 5) is 27.0. The van der Waals surface area contributed by atoms with Crippen LogP contribution in [-0.4, -0.2) is 15.5 Å². The summed E-state index contributed by atoms with van der Waals surface area (Å²) in [7, 11) is -4.89. The topological polar surface area (TPSA) is 94.7 Å². The summed E-state index contributed by atoms with van der Waals surface area (Å²) in [6, 6.07) is 10.8. The smallest absolute Gasteiger partial charge is 0.262 e. The van der Waals surface area contributed by atoms with E-state index in [0.29, 0.717) is 0 Å². The molecule has 2 aromatic rings. The zero-order valence-electron chi connectivity index (χ0n) is 11.0. The van der Waals surface area contributed by atoms with Gasteiger partial charge in [-0.3, -0.25) is 4.57 Å². The zero-order chi connectivity index (χ0) is 15.7. The number of hydrogen-bond donors (Lipinski definition) is 2. The number of aryl methyl sites for hydroxylation is 1. The lowest BCUT2D eigenvalue weighted by Crippen LogP contribution is -1.99. The predicted molar refractivity (Wildman–Crippen MR) is 75.9 cm³/mol. The van der Waals surface area contributed by atoms with Crippen LogP contribution in [0, 0.1) is 5.82 Å². The van der Waals surface area contributed by atoms with Crippen molar-refractivity contribution < 1.29 is 28.6 Å². The molecule has 0 spiro atoms. The zero-order valence-corrected chi connectivity index (χ0v) is 12.7. The van der Waals surface area contributed by atoms with Gasteiger partial charge in [-0.1, -0.05) is 0 Å². The molecule has 0 amide bonds. The molecule has 1 aromatic heterocycles. The van der Waals surface area contributed by atoms with Crippen LogP contribution in [0.3, 0.4) is 0 Å². The van der Waals surface area contributed by atoms with Crippen molar-refractivity contribution in [1.82, 2.24) is 0 Å². The van der Waals surface area contributed by atoms with Gasteiger partial charge in [0.05, 0.1) is 0 Å². The van der Waals surface area contributed by atoms with Crippen LogP contribution in [0.2, 0.25) is 0 Å². The van der Waals surface area contributed by atoms with Crippen molar-refractivity contribution in [2.24, 2.45) is 0 Å². The first-order chi connectivity index (χ1) is 9.84. The number of nitrogens with one attached hydrogen (secondary N) is 1. The van der Waals surface area contributed by atoms with Crippen molar-refractivity contribution in [3.8, 4) is 0 Å². The first-order valence-corrected chi connectivity index (χ1v) is 8.46. The number of thioether (sulfide) groups is 1. The standard InChI is InChI=1S/C13H12FNS.H3O4P/c14-12-1-3-13(4-2-12)16-10-7-11-5-8-15-9-6-11;1-5(2,3)4/h1-6,8-9H,7,10H2;(H3,1,2,3,4). The Labute approximate surface area is 126 Å². The predicted octanol–water partition coefficient (Wildman–Crippen LogP) is 1.41. The normalized spacial score (nSPS) is 10.7. The fourth-order valence-electron chi connectivity index (χ4n) is 1.41. The molecule has 8 heteroatoms. The van der Waals surface area contributed by atoms with E-state index in [0.717, 1.165) is 17.1 Å². The molecule has 1 aromatic carbocycles. The first kappa shape index (κ1) is 17.8. The van der Waals surface area contributed by atoms with Crippen LogP contribution >= 0.6 is 19.6 Å². The molecule has 114 valence electrons. The van der Waals surface area contributed by atoms with E-state index in [1.54, 1.807) is 11.8 Å². The second-order valence-corrected chi connectivity index (χ2v) is 6.10. The highest BCUT2D eigenvalue weighted by Crippen LogP contribution is 2.19. The van der Waals surface area contributed by atoms with E-state index in [1.165, 1.54) is 17.7 Å². The average molecular weight is 331 g/mol.